The van der Waals surface area contributed by atoms with Gasteiger partial charge < -0.3 is 15.2 Å². The summed E-state index contributed by atoms with van der Waals surface area (Å²) in [6, 6.07) is 17.1. The van der Waals surface area contributed by atoms with Crippen molar-refractivity contribution in [3.05, 3.63) is 89.8 Å². The zero-order chi connectivity index (χ0) is 20.3. The van der Waals surface area contributed by atoms with E-state index in [2.05, 4.69) is 49.4 Å². The Balaban J connectivity index is 1.51. The van der Waals surface area contributed by atoms with Crippen LogP contribution in [0.15, 0.2) is 72.0 Å². The lowest BCUT2D eigenvalue weighted by molar-refractivity contribution is 0.625. The minimum Gasteiger partial charge on any atom is -0.357 e. The first-order valence-electron chi connectivity index (χ1n) is 10.0. The van der Waals surface area contributed by atoms with Crippen LogP contribution in [0.25, 0.3) is 0 Å². The van der Waals surface area contributed by atoms with Crippen LogP contribution in [0.3, 0.4) is 0 Å². The van der Waals surface area contributed by atoms with E-state index in [0.29, 0.717) is 13.1 Å². The highest BCUT2D eigenvalue weighted by Crippen LogP contribution is 2.06. The van der Waals surface area contributed by atoms with Crippen molar-refractivity contribution >= 4 is 5.96 Å². The van der Waals surface area contributed by atoms with E-state index in [4.69, 9.17) is 0 Å². The molecule has 152 valence electrons. The van der Waals surface area contributed by atoms with Crippen molar-refractivity contribution in [1.29, 1.82) is 0 Å². The smallest absolute Gasteiger partial charge is 0.191 e. The van der Waals surface area contributed by atoms with E-state index in [1.807, 2.05) is 31.5 Å². The molecule has 0 fully saturated rings. The van der Waals surface area contributed by atoms with Gasteiger partial charge in [0.25, 0.3) is 0 Å². The van der Waals surface area contributed by atoms with Gasteiger partial charge >= 0.3 is 0 Å². The number of guanidine groups is 1. The Labute approximate surface area is 171 Å². The average molecular weight is 394 g/mol. The number of hydrogen-bond acceptors (Lipinski definition) is 2. The summed E-state index contributed by atoms with van der Waals surface area (Å²) < 4.78 is 15.4. The quantitative estimate of drug-likeness (QED) is 0.433. The summed E-state index contributed by atoms with van der Waals surface area (Å²) in [5.41, 5.74) is 2.22. The van der Waals surface area contributed by atoms with E-state index in [1.165, 1.54) is 11.6 Å². The SMILES string of the molecule is CCNC(=NCCc1nccn1Cc1ccccc1)NCCc1cccc(F)c1. The standard InChI is InChI=1S/C23H28FN5/c1-2-25-23(27-13-11-19-9-6-10-21(24)17-19)28-14-12-22-26-15-16-29(22)18-20-7-4-3-5-8-20/h3-10,15-17H,2,11-14,18H2,1H3,(H2,25,27,28). The van der Waals surface area contributed by atoms with Gasteiger partial charge in [-0.3, -0.25) is 4.99 Å². The molecule has 29 heavy (non-hydrogen) atoms. The third kappa shape index (κ3) is 6.75. The van der Waals surface area contributed by atoms with E-state index >= 15 is 0 Å². The summed E-state index contributed by atoms with van der Waals surface area (Å²) in [7, 11) is 0. The molecule has 0 aliphatic heterocycles. The number of nitrogens with zero attached hydrogens (tertiary/aromatic N) is 3. The van der Waals surface area contributed by atoms with Crippen molar-refractivity contribution in [2.24, 2.45) is 4.99 Å². The Kier molecular flexibility index (Phi) is 7.81. The van der Waals surface area contributed by atoms with Gasteiger partial charge in [0.1, 0.15) is 11.6 Å². The summed E-state index contributed by atoms with van der Waals surface area (Å²) in [5.74, 6) is 1.59. The Morgan fingerprint density at radius 1 is 1.03 bits per heavy atom. The average Bonchev–Trinajstić information content (AvgIpc) is 3.16. The summed E-state index contributed by atoms with van der Waals surface area (Å²) in [5, 5.41) is 6.56. The molecule has 5 nitrogen and oxygen atoms in total. The lowest BCUT2D eigenvalue weighted by Gasteiger charge is -2.12. The molecule has 0 saturated heterocycles. The molecule has 0 amide bonds. The fourth-order valence-corrected chi connectivity index (χ4v) is 3.12. The van der Waals surface area contributed by atoms with Gasteiger partial charge in [0.15, 0.2) is 5.96 Å². The first-order valence-corrected chi connectivity index (χ1v) is 10.0. The van der Waals surface area contributed by atoms with E-state index in [-0.39, 0.29) is 5.82 Å². The number of nitrogens with one attached hydrogen (secondary N) is 2. The van der Waals surface area contributed by atoms with Crippen LogP contribution in [0.1, 0.15) is 23.9 Å². The highest BCUT2D eigenvalue weighted by molar-refractivity contribution is 5.79. The molecule has 6 heteroatoms. The third-order valence-electron chi connectivity index (χ3n) is 4.54. The van der Waals surface area contributed by atoms with Crippen LogP contribution >= 0.6 is 0 Å². The van der Waals surface area contributed by atoms with E-state index in [1.54, 1.807) is 12.1 Å². The number of aromatic nitrogens is 2. The Morgan fingerprint density at radius 3 is 2.66 bits per heavy atom. The second-order valence-corrected chi connectivity index (χ2v) is 6.77. The summed E-state index contributed by atoms with van der Waals surface area (Å²) >= 11 is 0. The summed E-state index contributed by atoms with van der Waals surface area (Å²) in [6.45, 7) is 4.97. The summed E-state index contributed by atoms with van der Waals surface area (Å²) in [6.07, 6.45) is 5.35. The van der Waals surface area contributed by atoms with E-state index < -0.39 is 0 Å². The molecule has 0 radical (unpaired) electrons. The molecule has 0 aliphatic rings. The predicted molar refractivity (Wildman–Crippen MR) is 116 cm³/mol. The van der Waals surface area contributed by atoms with Crippen LogP contribution in [0.2, 0.25) is 0 Å². The fraction of sp³-hybridized carbons (Fsp3) is 0.304. The number of benzene rings is 2. The largest absolute Gasteiger partial charge is 0.357 e. The van der Waals surface area contributed by atoms with Crippen molar-refractivity contribution in [2.75, 3.05) is 19.6 Å². The molecular weight excluding hydrogens is 365 g/mol. The molecule has 3 rings (SSSR count). The Bertz CT molecular complexity index is 904. The van der Waals surface area contributed by atoms with Gasteiger partial charge in [-0.1, -0.05) is 42.5 Å². The van der Waals surface area contributed by atoms with Crippen LogP contribution in [-0.4, -0.2) is 35.1 Å². The zero-order valence-electron chi connectivity index (χ0n) is 16.8. The molecule has 0 spiro atoms. The second-order valence-electron chi connectivity index (χ2n) is 6.77. The molecule has 0 aliphatic carbocycles. The van der Waals surface area contributed by atoms with Crippen LogP contribution in [0.5, 0.6) is 0 Å². The predicted octanol–water partition coefficient (Wildman–Crippen LogP) is 3.41. The van der Waals surface area contributed by atoms with E-state index in [0.717, 1.165) is 43.3 Å². The molecule has 0 bridgehead atoms. The van der Waals surface area contributed by atoms with Gasteiger partial charge in [-0.15, -0.1) is 0 Å². The first kappa shape index (κ1) is 20.6. The van der Waals surface area contributed by atoms with Crippen molar-refractivity contribution in [1.82, 2.24) is 20.2 Å². The second kappa shape index (κ2) is 11.0. The molecular formula is C23H28FN5. The van der Waals surface area contributed by atoms with Gasteiger partial charge in [-0.25, -0.2) is 9.37 Å². The van der Waals surface area contributed by atoms with Crippen LogP contribution in [-0.2, 0) is 19.4 Å². The fourth-order valence-electron chi connectivity index (χ4n) is 3.12. The normalized spacial score (nSPS) is 11.4. The zero-order valence-corrected chi connectivity index (χ0v) is 16.8. The maximum atomic E-state index is 13.3. The van der Waals surface area contributed by atoms with Crippen molar-refractivity contribution in [3.63, 3.8) is 0 Å². The lowest BCUT2D eigenvalue weighted by atomic mass is 10.1. The highest BCUT2D eigenvalue weighted by Gasteiger charge is 2.04. The van der Waals surface area contributed by atoms with Gasteiger partial charge in [0.2, 0.25) is 0 Å². The molecule has 1 heterocycles. The molecule has 0 unspecified atom stereocenters. The number of rotatable bonds is 9. The third-order valence-corrected chi connectivity index (χ3v) is 4.54. The van der Waals surface area contributed by atoms with E-state index in [9.17, 15) is 4.39 Å². The number of hydrogen-bond donors (Lipinski definition) is 2. The van der Waals surface area contributed by atoms with Crippen molar-refractivity contribution in [3.8, 4) is 0 Å². The van der Waals surface area contributed by atoms with Gasteiger partial charge in [0, 0.05) is 45.0 Å². The minimum atomic E-state index is -0.200. The van der Waals surface area contributed by atoms with Gasteiger partial charge in [-0.05, 0) is 36.6 Å². The van der Waals surface area contributed by atoms with Crippen molar-refractivity contribution in [2.45, 2.75) is 26.3 Å². The van der Waals surface area contributed by atoms with Crippen LogP contribution < -0.4 is 10.6 Å². The summed E-state index contributed by atoms with van der Waals surface area (Å²) in [4.78, 5) is 9.13. The number of imidazole rings is 1. The lowest BCUT2D eigenvalue weighted by Crippen LogP contribution is -2.38. The Hall–Kier alpha value is -3.15. The highest BCUT2D eigenvalue weighted by atomic mass is 19.1. The molecule has 2 aromatic carbocycles. The van der Waals surface area contributed by atoms with Gasteiger partial charge in [0.05, 0.1) is 0 Å². The molecule has 0 atom stereocenters. The van der Waals surface area contributed by atoms with Crippen molar-refractivity contribution < 1.29 is 4.39 Å². The van der Waals surface area contributed by atoms with Crippen LogP contribution in [0, 0.1) is 5.82 Å². The minimum absolute atomic E-state index is 0.200. The molecule has 0 saturated carbocycles. The molecule has 1 aromatic heterocycles. The molecule has 3 aromatic rings. The van der Waals surface area contributed by atoms with Gasteiger partial charge in [-0.2, -0.15) is 0 Å². The van der Waals surface area contributed by atoms with Crippen LogP contribution in [0.4, 0.5) is 4.39 Å². The topological polar surface area (TPSA) is 54.2 Å². The number of halogens is 1. The molecule has 2 N–H and O–H groups in total. The monoisotopic (exact) mass is 393 g/mol. The first-order chi connectivity index (χ1) is 14.2. The Morgan fingerprint density at radius 2 is 1.86 bits per heavy atom. The number of aliphatic imine (C=N–C) groups is 1. The maximum absolute atomic E-state index is 13.3. The maximum Gasteiger partial charge on any atom is 0.191 e.